The number of rotatable bonds is 6. The Morgan fingerprint density at radius 3 is 3.00 bits per heavy atom. The van der Waals surface area contributed by atoms with E-state index in [1.807, 2.05) is 24.3 Å². The number of hydrogen-bond acceptors (Lipinski definition) is 5. The number of carbonyl (C=O) groups is 1. The summed E-state index contributed by atoms with van der Waals surface area (Å²) in [6, 6.07) is 11.0. The monoisotopic (exact) mass is 328 g/mol. The van der Waals surface area contributed by atoms with Crippen molar-refractivity contribution >= 4 is 5.91 Å². The molecule has 0 spiro atoms. The van der Waals surface area contributed by atoms with Crippen LogP contribution in [0.3, 0.4) is 0 Å². The molecule has 0 aliphatic carbocycles. The second kappa shape index (κ2) is 7.79. The van der Waals surface area contributed by atoms with Crippen molar-refractivity contribution in [3.05, 3.63) is 53.7 Å². The average Bonchev–Trinajstić information content (AvgIpc) is 3.13. The summed E-state index contributed by atoms with van der Waals surface area (Å²) < 4.78 is 16.1. The van der Waals surface area contributed by atoms with Crippen molar-refractivity contribution in [2.24, 2.45) is 0 Å². The first-order chi connectivity index (χ1) is 11.7. The van der Waals surface area contributed by atoms with Crippen LogP contribution in [0.4, 0.5) is 0 Å². The number of amides is 1. The molecule has 1 N–H and O–H groups in total. The Bertz CT molecular complexity index is 682. The highest BCUT2D eigenvalue weighted by molar-refractivity contribution is 5.93. The SMILES string of the molecule is COc1cccc(CNC(=O)c2ccc(OC3CCOC3)nc2)c1. The van der Waals surface area contributed by atoms with Gasteiger partial charge >= 0.3 is 0 Å². The van der Waals surface area contributed by atoms with Crippen LogP contribution in [0.15, 0.2) is 42.6 Å². The van der Waals surface area contributed by atoms with Crippen molar-refractivity contribution < 1.29 is 19.0 Å². The second-order valence-electron chi connectivity index (χ2n) is 5.52. The largest absolute Gasteiger partial charge is 0.497 e. The molecule has 1 aromatic carbocycles. The molecule has 1 atom stereocenters. The quantitative estimate of drug-likeness (QED) is 0.880. The van der Waals surface area contributed by atoms with Gasteiger partial charge in [-0.15, -0.1) is 0 Å². The summed E-state index contributed by atoms with van der Waals surface area (Å²) in [5.41, 5.74) is 1.46. The first-order valence-electron chi connectivity index (χ1n) is 7.86. The molecule has 24 heavy (non-hydrogen) atoms. The predicted octanol–water partition coefficient (Wildman–Crippen LogP) is 2.19. The van der Waals surface area contributed by atoms with Crippen molar-refractivity contribution in [2.75, 3.05) is 20.3 Å². The van der Waals surface area contributed by atoms with E-state index in [1.54, 1.807) is 19.2 Å². The number of carbonyl (C=O) groups excluding carboxylic acids is 1. The molecular weight excluding hydrogens is 308 g/mol. The van der Waals surface area contributed by atoms with E-state index in [0.717, 1.165) is 24.3 Å². The van der Waals surface area contributed by atoms with Crippen molar-refractivity contribution in [1.29, 1.82) is 0 Å². The number of pyridine rings is 1. The lowest BCUT2D eigenvalue weighted by molar-refractivity contribution is 0.0950. The van der Waals surface area contributed by atoms with Crippen LogP contribution in [0.2, 0.25) is 0 Å². The zero-order valence-electron chi connectivity index (χ0n) is 13.5. The van der Waals surface area contributed by atoms with E-state index >= 15 is 0 Å². The Hall–Kier alpha value is -2.60. The van der Waals surface area contributed by atoms with Crippen molar-refractivity contribution in [3.8, 4) is 11.6 Å². The predicted molar refractivity (Wildman–Crippen MR) is 88.3 cm³/mol. The minimum Gasteiger partial charge on any atom is -0.497 e. The first kappa shape index (κ1) is 16.3. The van der Waals surface area contributed by atoms with Crippen LogP contribution in [0.5, 0.6) is 11.6 Å². The van der Waals surface area contributed by atoms with Gasteiger partial charge in [-0.25, -0.2) is 4.98 Å². The fraction of sp³-hybridized carbons (Fsp3) is 0.333. The molecule has 0 radical (unpaired) electrons. The van der Waals surface area contributed by atoms with Gasteiger partial charge in [0.1, 0.15) is 11.9 Å². The summed E-state index contributed by atoms with van der Waals surface area (Å²) in [7, 11) is 1.62. The number of aromatic nitrogens is 1. The molecule has 1 fully saturated rings. The highest BCUT2D eigenvalue weighted by atomic mass is 16.5. The van der Waals surface area contributed by atoms with Crippen molar-refractivity contribution in [2.45, 2.75) is 19.1 Å². The van der Waals surface area contributed by atoms with E-state index in [2.05, 4.69) is 10.3 Å². The Morgan fingerprint density at radius 2 is 2.29 bits per heavy atom. The lowest BCUT2D eigenvalue weighted by Crippen LogP contribution is -2.23. The van der Waals surface area contributed by atoms with Gasteiger partial charge < -0.3 is 19.5 Å². The summed E-state index contributed by atoms with van der Waals surface area (Å²) in [5.74, 6) is 1.09. The molecule has 3 rings (SSSR count). The van der Waals surface area contributed by atoms with Crippen molar-refractivity contribution in [3.63, 3.8) is 0 Å². The van der Waals surface area contributed by atoms with Gasteiger partial charge in [-0.05, 0) is 23.8 Å². The lowest BCUT2D eigenvalue weighted by Gasteiger charge is -2.11. The van der Waals surface area contributed by atoms with E-state index in [9.17, 15) is 4.79 Å². The number of hydrogen-bond donors (Lipinski definition) is 1. The normalized spacial score (nSPS) is 16.6. The number of methoxy groups -OCH3 is 1. The molecule has 2 heterocycles. The van der Waals surface area contributed by atoms with Crippen LogP contribution in [0.25, 0.3) is 0 Å². The smallest absolute Gasteiger partial charge is 0.253 e. The topological polar surface area (TPSA) is 69.7 Å². The van der Waals surface area contributed by atoms with Gasteiger partial charge in [0.25, 0.3) is 5.91 Å². The third-order valence-corrected chi connectivity index (χ3v) is 3.76. The highest BCUT2D eigenvalue weighted by Gasteiger charge is 2.17. The van der Waals surface area contributed by atoms with E-state index in [1.165, 1.54) is 6.20 Å². The maximum absolute atomic E-state index is 12.2. The van der Waals surface area contributed by atoms with E-state index in [0.29, 0.717) is 24.6 Å². The van der Waals surface area contributed by atoms with Gasteiger partial charge in [-0.1, -0.05) is 12.1 Å². The van der Waals surface area contributed by atoms with Crippen LogP contribution in [-0.4, -0.2) is 37.3 Å². The summed E-state index contributed by atoms with van der Waals surface area (Å²) in [4.78, 5) is 16.4. The molecule has 1 unspecified atom stereocenters. The third-order valence-electron chi connectivity index (χ3n) is 3.76. The molecule has 1 amide bonds. The van der Waals surface area contributed by atoms with Crippen LogP contribution in [0, 0.1) is 0 Å². The molecule has 1 aliphatic heterocycles. The van der Waals surface area contributed by atoms with Crippen LogP contribution in [0.1, 0.15) is 22.3 Å². The second-order valence-corrected chi connectivity index (χ2v) is 5.52. The first-order valence-corrected chi connectivity index (χ1v) is 7.86. The lowest BCUT2D eigenvalue weighted by atomic mass is 10.2. The van der Waals surface area contributed by atoms with E-state index in [-0.39, 0.29) is 12.0 Å². The van der Waals surface area contributed by atoms with Gasteiger partial charge in [-0.2, -0.15) is 0 Å². The van der Waals surface area contributed by atoms with Crippen molar-refractivity contribution in [1.82, 2.24) is 10.3 Å². The summed E-state index contributed by atoms with van der Waals surface area (Å²) >= 11 is 0. The molecule has 6 heteroatoms. The summed E-state index contributed by atoms with van der Waals surface area (Å²) in [5, 5.41) is 2.86. The molecule has 6 nitrogen and oxygen atoms in total. The van der Waals surface area contributed by atoms with Gasteiger partial charge in [0, 0.05) is 25.2 Å². The van der Waals surface area contributed by atoms with E-state index < -0.39 is 0 Å². The number of nitrogens with one attached hydrogen (secondary N) is 1. The summed E-state index contributed by atoms with van der Waals surface area (Å²) in [6.45, 7) is 1.73. The third kappa shape index (κ3) is 4.23. The standard InChI is InChI=1S/C18H20N2O4/c1-22-15-4-2-3-13(9-15)10-20-18(21)14-5-6-17(19-11-14)24-16-7-8-23-12-16/h2-6,9,11,16H,7-8,10,12H2,1H3,(H,20,21). The summed E-state index contributed by atoms with van der Waals surface area (Å²) in [6.07, 6.45) is 2.43. The van der Waals surface area contributed by atoms with Crippen LogP contribution < -0.4 is 14.8 Å². The minimum atomic E-state index is -0.180. The Balaban J connectivity index is 1.54. The van der Waals surface area contributed by atoms with Gasteiger partial charge in [-0.3, -0.25) is 4.79 Å². The van der Waals surface area contributed by atoms with Gasteiger partial charge in [0.15, 0.2) is 0 Å². The fourth-order valence-corrected chi connectivity index (χ4v) is 2.43. The molecule has 126 valence electrons. The minimum absolute atomic E-state index is 0.0465. The molecule has 1 aliphatic rings. The fourth-order valence-electron chi connectivity index (χ4n) is 2.43. The van der Waals surface area contributed by atoms with Crippen LogP contribution in [-0.2, 0) is 11.3 Å². The molecule has 2 aromatic rings. The number of benzene rings is 1. The Kier molecular flexibility index (Phi) is 5.28. The van der Waals surface area contributed by atoms with Gasteiger partial charge in [0.05, 0.1) is 25.9 Å². The van der Waals surface area contributed by atoms with E-state index in [4.69, 9.17) is 14.2 Å². The number of ether oxygens (including phenoxy) is 3. The highest BCUT2D eigenvalue weighted by Crippen LogP contribution is 2.15. The molecule has 0 bridgehead atoms. The Labute approximate surface area is 140 Å². The Morgan fingerprint density at radius 1 is 1.38 bits per heavy atom. The molecule has 1 aromatic heterocycles. The zero-order chi connectivity index (χ0) is 16.8. The molecule has 0 saturated carbocycles. The zero-order valence-corrected chi connectivity index (χ0v) is 13.5. The average molecular weight is 328 g/mol. The maximum atomic E-state index is 12.2. The molecular formula is C18H20N2O4. The van der Waals surface area contributed by atoms with Gasteiger partial charge in [0.2, 0.25) is 5.88 Å². The maximum Gasteiger partial charge on any atom is 0.253 e. The molecule has 1 saturated heterocycles. The number of nitrogens with zero attached hydrogens (tertiary/aromatic N) is 1. The van der Waals surface area contributed by atoms with Crippen LogP contribution >= 0.6 is 0 Å².